The van der Waals surface area contributed by atoms with Crippen LogP contribution in [0.1, 0.15) is 36.8 Å². The summed E-state index contributed by atoms with van der Waals surface area (Å²) in [5.74, 6) is -6.36. The first-order valence-electron chi connectivity index (χ1n) is 14.4. The number of likely N-dealkylation sites (tertiary alicyclic amines) is 1. The van der Waals surface area contributed by atoms with E-state index in [1.807, 2.05) is 12.1 Å². The summed E-state index contributed by atoms with van der Waals surface area (Å²) < 4.78 is 15.1. The monoisotopic (exact) mass is 598 g/mol. The van der Waals surface area contributed by atoms with Gasteiger partial charge in [-0.05, 0) is 67.1 Å². The molecule has 2 aliphatic heterocycles. The topological polar surface area (TPSA) is 95.0 Å². The molecule has 43 heavy (non-hydrogen) atoms. The Balaban J connectivity index is 1.51. The number of nitrogens with zero attached hydrogens (tertiary/aromatic N) is 2. The molecular formula is C34H28ClFN2O5. The summed E-state index contributed by atoms with van der Waals surface area (Å²) in [5.41, 5.74) is 0.556. The van der Waals surface area contributed by atoms with Crippen LogP contribution in [0.2, 0.25) is 5.02 Å². The van der Waals surface area contributed by atoms with E-state index in [1.165, 1.54) is 21.9 Å². The standard InChI is InChI=1S/C34H28ClFN2O5/c1-2-37-30(40)23-13-12-22-24(28(23)32(37)42)17-25-31(41)38(21-10-6-9-20(35)16-21)33(43)34(25,19-7-4-3-5-8-19)29(22)18-11-14-27(39)26(36)15-18/h3-12,14-16,23-25,28-29,39H,2,13,17H2,1H3. The Morgan fingerprint density at radius 3 is 2.40 bits per heavy atom. The van der Waals surface area contributed by atoms with Gasteiger partial charge in [0.05, 0.1) is 28.9 Å². The third-order valence-electron chi connectivity index (χ3n) is 9.88. The smallest absolute Gasteiger partial charge is 0.246 e. The number of rotatable bonds is 4. The molecular weight excluding hydrogens is 571 g/mol. The number of fused-ring (bicyclic) bond motifs is 4. The Morgan fingerprint density at radius 1 is 0.930 bits per heavy atom. The number of carbonyl (C=O) groups is 4. The number of phenols is 1. The van der Waals surface area contributed by atoms with E-state index in [-0.39, 0.29) is 24.8 Å². The van der Waals surface area contributed by atoms with Gasteiger partial charge in [0.15, 0.2) is 11.6 Å². The number of hydrogen-bond donors (Lipinski definition) is 1. The van der Waals surface area contributed by atoms with Crippen LogP contribution in [0.4, 0.5) is 10.1 Å². The fraction of sp³-hybridized carbons (Fsp3) is 0.294. The summed E-state index contributed by atoms with van der Waals surface area (Å²) in [5, 5.41) is 10.4. The van der Waals surface area contributed by atoms with Crippen LogP contribution in [0.5, 0.6) is 5.75 Å². The molecule has 2 aliphatic carbocycles. The fourth-order valence-electron chi connectivity index (χ4n) is 8.20. The van der Waals surface area contributed by atoms with E-state index in [0.717, 1.165) is 5.57 Å². The molecule has 0 bridgehead atoms. The van der Waals surface area contributed by atoms with E-state index in [0.29, 0.717) is 28.3 Å². The molecule has 7 nitrogen and oxygen atoms in total. The third-order valence-corrected chi connectivity index (χ3v) is 10.1. The minimum absolute atomic E-state index is 0.164. The van der Waals surface area contributed by atoms with Crippen molar-refractivity contribution in [2.75, 3.05) is 11.4 Å². The lowest BCUT2D eigenvalue weighted by atomic mass is 9.49. The molecule has 3 aromatic carbocycles. The lowest BCUT2D eigenvalue weighted by molar-refractivity contribution is -0.140. The van der Waals surface area contributed by atoms with Gasteiger partial charge in [-0.15, -0.1) is 0 Å². The lowest BCUT2D eigenvalue weighted by Crippen LogP contribution is -2.53. The maximum atomic E-state index is 15.1. The minimum Gasteiger partial charge on any atom is -0.505 e. The zero-order valence-corrected chi connectivity index (χ0v) is 24.0. The Bertz CT molecular complexity index is 1740. The summed E-state index contributed by atoms with van der Waals surface area (Å²) in [4.78, 5) is 58.9. The number of anilines is 1. The SMILES string of the molecule is CCN1C(=O)C2CC=C3C(CC4C(=O)N(c5cccc(Cl)c5)C(=O)C4(c4ccccc4)C3c3ccc(O)c(F)c3)C2C1=O. The van der Waals surface area contributed by atoms with Crippen molar-refractivity contribution in [3.8, 4) is 5.75 Å². The first-order valence-corrected chi connectivity index (χ1v) is 14.8. The summed E-state index contributed by atoms with van der Waals surface area (Å²) in [6.45, 7) is 2.00. The molecule has 9 heteroatoms. The molecule has 1 saturated carbocycles. The van der Waals surface area contributed by atoms with Gasteiger partial charge in [0.1, 0.15) is 0 Å². The zero-order chi connectivity index (χ0) is 30.2. The molecule has 0 aromatic heterocycles. The Hall–Kier alpha value is -4.30. The quantitative estimate of drug-likeness (QED) is 0.322. The number of phenolic OH excluding ortho intramolecular Hbond substituents is 1. The van der Waals surface area contributed by atoms with Gasteiger partial charge in [-0.25, -0.2) is 9.29 Å². The highest BCUT2D eigenvalue weighted by atomic mass is 35.5. The number of aromatic hydroxyl groups is 1. The first-order chi connectivity index (χ1) is 20.7. The number of amides is 4. The van der Waals surface area contributed by atoms with Gasteiger partial charge >= 0.3 is 0 Å². The second kappa shape index (κ2) is 9.88. The maximum Gasteiger partial charge on any atom is 0.246 e. The Kier molecular flexibility index (Phi) is 6.32. The fourth-order valence-corrected chi connectivity index (χ4v) is 8.38. The summed E-state index contributed by atoms with van der Waals surface area (Å²) in [7, 11) is 0. The third kappa shape index (κ3) is 3.72. The van der Waals surface area contributed by atoms with E-state index in [1.54, 1.807) is 61.5 Å². The number of imide groups is 2. The van der Waals surface area contributed by atoms with Gasteiger partial charge in [0.2, 0.25) is 23.6 Å². The van der Waals surface area contributed by atoms with Crippen molar-refractivity contribution in [1.29, 1.82) is 0 Å². The first kappa shape index (κ1) is 27.5. The zero-order valence-electron chi connectivity index (χ0n) is 23.2. The minimum atomic E-state index is -1.49. The van der Waals surface area contributed by atoms with Crippen LogP contribution in [0.3, 0.4) is 0 Å². The molecule has 0 spiro atoms. The van der Waals surface area contributed by atoms with Crippen molar-refractivity contribution in [3.63, 3.8) is 0 Å². The largest absolute Gasteiger partial charge is 0.505 e. The number of halogens is 2. The van der Waals surface area contributed by atoms with E-state index < -0.39 is 58.4 Å². The van der Waals surface area contributed by atoms with Gasteiger partial charge in [-0.1, -0.05) is 65.7 Å². The van der Waals surface area contributed by atoms with E-state index >= 15 is 4.39 Å². The summed E-state index contributed by atoms with van der Waals surface area (Å²) in [6, 6.07) is 19.6. The Labute approximate surface area is 252 Å². The number of carbonyl (C=O) groups excluding carboxylic acids is 4. The second-order valence-corrected chi connectivity index (χ2v) is 12.2. The Morgan fingerprint density at radius 2 is 1.70 bits per heavy atom. The molecule has 7 rings (SSSR count). The van der Waals surface area contributed by atoms with Gasteiger partial charge in [0, 0.05) is 17.5 Å². The van der Waals surface area contributed by atoms with E-state index in [9.17, 15) is 24.3 Å². The van der Waals surface area contributed by atoms with Crippen LogP contribution in [-0.4, -0.2) is 40.2 Å². The van der Waals surface area contributed by atoms with Gasteiger partial charge < -0.3 is 5.11 Å². The van der Waals surface area contributed by atoms with Crippen molar-refractivity contribution < 1.29 is 28.7 Å². The molecule has 6 unspecified atom stereocenters. The van der Waals surface area contributed by atoms with Crippen LogP contribution in [-0.2, 0) is 24.6 Å². The highest BCUT2D eigenvalue weighted by Gasteiger charge is 2.70. The summed E-state index contributed by atoms with van der Waals surface area (Å²) in [6.07, 6.45) is 2.38. The molecule has 2 saturated heterocycles. The second-order valence-electron chi connectivity index (χ2n) is 11.7. The molecule has 4 aliphatic rings. The van der Waals surface area contributed by atoms with Crippen molar-refractivity contribution in [3.05, 3.63) is 106 Å². The molecule has 3 aromatic rings. The van der Waals surface area contributed by atoms with E-state index in [4.69, 9.17) is 11.6 Å². The van der Waals surface area contributed by atoms with Crippen molar-refractivity contribution in [1.82, 2.24) is 4.90 Å². The van der Waals surface area contributed by atoms with Gasteiger partial charge in [-0.3, -0.25) is 24.1 Å². The van der Waals surface area contributed by atoms with Crippen LogP contribution < -0.4 is 4.90 Å². The molecule has 2 heterocycles. The molecule has 1 N–H and O–H groups in total. The number of benzene rings is 3. The predicted octanol–water partition coefficient (Wildman–Crippen LogP) is 5.37. The lowest BCUT2D eigenvalue weighted by Gasteiger charge is -2.50. The van der Waals surface area contributed by atoms with Gasteiger partial charge in [-0.2, -0.15) is 0 Å². The molecule has 218 valence electrons. The molecule has 0 radical (unpaired) electrons. The van der Waals surface area contributed by atoms with Crippen molar-refractivity contribution >= 4 is 40.9 Å². The average Bonchev–Trinajstić information content (AvgIpc) is 3.39. The predicted molar refractivity (Wildman–Crippen MR) is 157 cm³/mol. The average molecular weight is 599 g/mol. The van der Waals surface area contributed by atoms with E-state index in [2.05, 4.69) is 0 Å². The molecule has 4 amide bonds. The number of allylic oxidation sites excluding steroid dienone is 2. The van der Waals surface area contributed by atoms with Crippen LogP contribution in [0.25, 0.3) is 0 Å². The van der Waals surface area contributed by atoms with Gasteiger partial charge in [0.25, 0.3) is 0 Å². The van der Waals surface area contributed by atoms with Crippen LogP contribution in [0.15, 0.2) is 84.4 Å². The van der Waals surface area contributed by atoms with Crippen LogP contribution in [0, 0.1) is 29.5 Å². The maximum absolute atomic E-state index is 15.1. The molecule has 3 fully saturated rings. The van der Waals surface area contributed by atoms with Crippen molar-refractivity contribution in [2.45, 2.75) is 31.1 Å². The number of hydrogen-bond acceptors (Lipinski definition) is 5. The normalized spacial score (nSPS) is 29.8. The van der Waals surface area contributed by atoms with Crippen molar-refractivity contribution in [2.24, 2.45) is 23.7 Å². The molecule has 6 atom stereocenters. The summed E-state index contributed by atoms with van der Waals surface area (Å²) >= 11 is 6.30. The highest BCUT2D eigenvalue weighted by Crippen LogP contribution is 2.64. The highest BCUT2D eigenvalue weighted by molar-refractivity contribution is 6.32. The van der Waals surface area contributed by atoms with Crippen LogP contribution >= 0.6 is 11.6 Å².